The van der Waals surface area contributed by atoms with Crippen molar-refractivity contribution in [3.05, 3.63) is 0 Å². The predicted octanol–water partition coefficient (Wildman–Crippen LogP) is 0.410. The third-order valence-corrected chi connectivity index (χ3v) is 4.00. The van der Waals surface area contributed by atoms with Crippen LogP contribution in [0.4, 0.5) is 0 Å². The van der Waals surface area contributed by atoms with Gasteiger partial charge >= 0.3 is 0 Å². The fourth-order valence-corrected chi connectivity index (χ4v) is 2.74. The molecule has 84 valence electrons. The maximum absolute atomic E-state index is 11.3. The largest absolute Gasteiger partial charge is 0.313 e. The lowest BCUT2D eigenvalue weighted by molar-refractivity contribution is 0.321. The first-order chi connectivity index (χ1) is 6.54. The van der Waals surface area contributed by atoms with Crippen molar-refractivity contribution in [2.24, 2.45) is 0 Å². The van der Waals surface area contributed by atoms with E-state index in [9.17, 15) is 8.42 Å². The highest BCUT2D eigenvalue weighted by molar-refractivity contribution is 7.88. The highest BCUT2D eigenvalue weighted by Crippen LogP contribution is 2.09. The van der Waals surface area contributed by atoms with Gasteiger partial charge in [-0.25, -0.2) is 12.7 Å². The van der Waals surface area contributed by atoms with Crippen molar-refractivity contribution < 1.29 is 8.42 Å². The Kier molecular flexibility index (Phi) is 4.34. The van der Waals surface area contributed by atoms with Crippen LogP contribution in [0, 0.1) is 0 Å². The maximum Gasteiger partial charge on any atom is 0.211 e. The van der Waals surface area contributed by atoms with Gasteiger partial charge in [-0.3, -0.25) is 0 Å². The van der Waals surface area contributed by atoms with Crippen LogP contribution in [0.3, 0.4) is 0 Å². The van der Waals surface area contributed by atoms with Crippen LogP contribution in [0.25, 0.3) is 0 Å². The van der Waals surface area contributed by atoms with Crippen LogP contribution in [0.15, 0.2) is 0 Å². The molecule has 1 fully saturated rings. The zero-order chi connectivity index (χ0) is 10.6. The Hall–Kier alpha value is -0.130. The lowest BCUT2D eigenvalue weighted by Crippen LogP contribution is -2.45. The van der Waals surface area contributed by atoms with Gasteiger partial charge in [0.25, 0.3) is 0 Å². The van der Waals surface area contributed by atoms with Crippen LogP contribution in [0.5, 0.6) is 0 Å². The van der Waals surface area contributed by atoms with Gasteiger partial charge in [0.1, 0.15) is 0 Å². The lowest BCUT2D eigenvalue weighted by atomic mass is 10.1. The summed E-state index contributed by atoms with van der Waals surface area (Å²) in [5, 5.41) is 3.35. The lowest BCUT2D eigenvalue weighted by Gasteiger charge is -2.28. The van der Waals surface area contributed by atoms with Gasteiger partial charge in [0.15, 0.2) is 0 Å². The second-order valence-electron chi connectivity index (χ2n) is 3.86. The second kappa shape index (κ2) is 5.09. The van der Waals surface area contributed by atoms with Gasteiger partial charge in [0.2, 0.25) is 10.0 Å². The summed E-state index contributed by atoms with van der Waals surface area (Å²) in [5.41, 5.74) is 0. The summed E-state index contributed by atoms with van der Waals surface area (Å²) in [6, 6.07) is 0.346. The summed E-state index contributed by atoms with van der Waals surface area (Å²) >= 11 is 0. The molecule has 1 atom stereocenters. The van der Waals surface area contributed by atoms with E-state index < -0.39 is 10.0 Å². The third kappa shape index (κ3) is 3.55. The SMILES string of the molecule is CCN(CC1CCCCN1)S(C)(=O)=O. The van der Waals surface area contributed by atoms with Gasteiger partial charge in [-0.15, -0.1) is 0 Å². The number of likely N-dealkylation sites (N-methyl/N-ethyl adjacent to an activating group) is 1. The molecule has 0 aromatic carbocycles. The first-order valence-electron chi connectivity index (χ1n) is 5.22. The van der Waals surface area contributed by atoms with E-state index in [-0.39, 0.29) is 0 Å². The number of nitrogens with one attached hydrogen (secondary N) is 1. The standard InChI is InChI=1S/C9H20N2O2S/c1-3-11(14(2,12)13)8-9-6-4-5-7-10-9/h9-10H,3-8H2,1-2H3. The molecule has 0 aliphatic carbocycles. The Balaban J connectivity index is 2.47. The molecule has 0 aromatic rings. The Labute approximate surface area is 86.7 Å². The average molecular weight is 220 g/mol. The van der Waals surface area contributed by atoms with E-state index in [1.54, 1.807) is 0 Å². The molecular formula is C9H20N2O2S. The van der Waals surface area contributed by atoms with Crippen molar-refractivity contribution in [3.63, 3.8) is 0 Å². The predicted molar refractivity (Wildman–Crippen MR) is 57.7 cm³/mol. The molecular weight excluding hydrogens is 200 g/mol. The van der Waals surface area contributed by atoms with Crippen molar-refractivity contribution in [1.82, 2.24) is 9.62 Å². The Morgan fingerprint density at radius 3 is 2.57 bits per heavy atom. The van der Waals surface area contributed by atoms with Crippen LogP contribution in [-0.4, -0.2) is 44.7 Å². The Bertz CT molecular complexity index is 258. The first kappa shape index (κ1) is 11.9. The molecule has 14 heavy (non-hydrogen) atoms. The zero-order valence-corrected chi connectivity index (χ0v) is 9.81. The molecule has 1 aliphatic heterocycles. The smallest absolute Gasteiger partial charge is 0.211 e. The van der Waals surface area contributed by atoms with Crippen molar-refractivity contribution in [1.29, 1.82) is 0 Å². The fourth-order valence-electron chi connectivity index (χ4n) is 1.82. The molecule has 1 unspecified atom stereocenters. The number of hydrogen-bond donors (Lipinski definition) is 1. The third-order valence-electron chi connectivity index (χ3n) is 2.66. The van der Waals surface area contributed by atoms with Gasteiger partial charge in [-0.1, -0.05) is 13.3 Å². The van der Waals surface area contributed by atoms with E-state index in [4.69, 9.17) is 0 Å². The van der Waals surface area contributed by atoms with E-state index >= 15 is 0 Å². The molecule has 0 amide bonds. The summed E-state index contributed by atoms with van der Waals surface area (Å²) in [4.78, 5) is 0. The number of nitrogens with zero attached hydrogens (tertiary/aromatic N) is 1. The van der Waals surface area contributed by atoms with Gasteiger partial charge in [-0.2, -0.15) is 0 Å². The summed E-state index contributed by atoms with van der Waals surface area (Å²) in [6.45, 7) is 4.09. The van der Waals surface area contributed by atoms with E-state index in [0.29, 0.717) is 19.1 Å². The minimum Gasteiger partial charge on any atom is -0.313 e. The fraction of sp³-hybridized carbons (Fsp3) is 1.00. The summed E-state index contributed by atoms with van der Waals surface area (Å²) in [5.74, 6) is 0. The number of rotatable bonds is 4. The number of piperidine rings is 1. The number of sulfonamides is 1. The van der Waals surface area contributed by atoms with Crippen LogP contribution in [0.1, 0.15) is 26.2 Å². The van der Waals surface area contributed by atoms with Crippen LogP contribution in [-0.2, 0) is 10.0 Å². The molecule has 1 N–H and O–H groups in total. The zero-order valence-electron chi connectivity index (χ0n) is 8.99. The van der Waals surface area contributed by atoms with Gasteiger partial charge in [-0.05, 0) is 19.4 Å². The molecule has 0 aromatic heterocycles. The molecule has 1 rings (SSSR count). The molecule has 0 spiro atoms. The molecule has 1 heterocycles. The molecule has 0 bridgehead atoms. The van der Waals surface area contributed by atoms with Crippen molar-refractivity contribution in [2.45, 2.75) is 32.2 Å². The van der Waals surface area contributed by atoms with Gasteiger partial charge in [0.05, 0.1) is 6.26 Å². The van der Waals surface area contributed by atoms with Gasteiger partial charge < -0.3 is 5.32 Å². The van der Waals surface area contributed by atoms with Crippen LogP contribution < -0.4 is 5.32 Å². The van der Waals surface area contributed by atoms with E-state index in [0.717, 1.165) is 13.0 Å². The van der Waals surface area contributed by atoms with Crippen molar-refractivity contribution in [3.8, 4) is 0 Å². The van der Waals surface area contributed by atoms with E-state index in [1.165, 1.54) is 23.4 Å². The minimum absolute atomic E-state index is 0.346. The van der Waals surface area contributed by atoms with Gasteiger partial charge in [0, 0.05) is 19.1 Å². The minimum atomic E-state index is -3.02. The summed E-state index contributed by atoms with van der Waals surface area (Å²) < 4.78 is 24.2. The molecule has 1 saturated heterocycles. The highest BCUT2D eigenvalue weighted by atomic mass is 32.2. The Morgan fingerprint density at radius 2 is 2.14 bits per heavy atom. The highest BCUT2D eigenvalue weighted by Gasteiger charge is 2.20. The molecule has 4 nitrogen and oxygen atoms in total. The Morgan fingerprint density at radius 1 is 1.43 bits per heavy atom. The summed E-state index contributed by atoms with van der Waals surface area (Å²) in [7, 11) is -3.02. The van der Waals surface area contributed by atoms with E-state index in [2.05, 4.69) is 5.32 Å². The second-order valence-corrected chi connectivity index (χ2v) is 5.84. The quantitative estimate of drug-likeness (QED) is 0.746. The molecule has 0 radical (unpaired) electrons. The van der Waals surface area contributed by atoms with E-state index in [1.807, 2.05) is 6.92 Å². The number of hydrogen-bond acceptors (Lipinski definition) is 3. The van der Waals surface area contributed by atoms with Crippen molar-refractivity contribution in [2.75, 3.05) is 25.9 Å². The average Bonchev–Trinajstić information content (AvgIpc) is 2.14. The summed E-state index contributed by atoms with van der Waals surface area (Å²) in [6.07, 6.45) is 4.78. The maximum atomic E-state index is 11.3. The van der Waals surface area contributed by atoms with Crippen LogP contribution in [0.2, 0.25) is 0 Å². The topological polar surface area (TPSA) is 49.4 Å². The van der Waals surface area contributed by atoms with Crippen molar-refractivity contribution >= 4 is 10.0 Å². The first-order valence-corrected chi connectivity index (χ1v) is 7.07. The normalized spacial score (nSPS) is 24.1. The molecule has 1 aliphatic rings. The molecule has 0 saturated carbocycles. The van der Waals surface area contributed by atoms with Crippen LogP contribution >= 0.6 is 0 Å². The monoisotopic (exact) mass is 220 g/mol. The molecule has 5 heteroatoms.